The standard InChI is InChI=1S/CH3O5P.Ba.2H/c2-1(3)7(4,5)6;;;/h(H,2,3)(H2,4,5,6);;;. The van der Waals surface area contributed by atoms with Gasteiger partial charge < -0.3 is 14.9 Å². The molecule has 0 aliphatic rings. The zero-order chi connectivity index (χ0) is 6.08. The fourth-order valence-corrected chi connectivity index (χ4v) is 0. The molecule has 0 fully saturated rings. The van der Waals surface area contributed by atoms with Gasteiger partial charge in [-0.05, 0) is 0 Å². The van der Waals surface area contributed by atoms with Gasteiger partial charge in [0.05, 0.1) is 0 Å². The Morgan fingerprint density at radius 2 is 1.50 bits per heavy atom. The predicted octanol–water partition coefficient (Wildman–Crippen LogP) is -1.07. The van der Waals surface area contributed by atoms with Gasteiger partial charge in [-0.1, -0.05) is 0 Å². The Kier molecular flexibility index (Phi) is 6.08. The van der Waals surface area contributed by atoms with Crippen molar-refractivity contribution in [1.82, 2.24) is 0 Å². The Balaban J connectivity index is 0. The topological polar surface area (TPSA) is 94.8 Å². The number of rotatable bonds is 1. The minimum absolute atomic E-state index is 0. The number of hydrogen-bond donors (Lipinski definition) is 3. The summed E-state index contributed by atoms with van der Waals surface area (Å²) in [5.41, 5.74) is -2.09. The maximum absolute atomic E-state index is 9.43. The molecule has 0 aromatic rings. The van der Waals surface area contributed by atoms with Crippen LogP contribution in [-0.4, -0.2) is 69.5 Å². The summed E-state index contributed by atoms with van der Waals surface area (Å²) in [4.78, 5) is 24.5. The first kappa shape index (κ1) is 11.9. The summed E-state index contributed by atoms with van der Waals surface area (Å²) in [6.07, 6.45) is 0. The number of carbonyl (C=O) groups is 1. The van der Waals surface area contributed by atoms with E-state index in [2.05, 4.69) is 0 Å². The molecule has 0 amide bonds. The molecule has 0 aromatic heterocycles. The van der Waals surface area contributed by atoms with Crippen molar-refractivity contribution in [2.75, 3.05) is 0 Å². The molecule has 0 saturated heterocycles. The van der Waals surface area contributed by atoms with Crippen LogP contribution in [0, 0.1) is 0 Å². The summed E-state index contributed by atoms with van der Waals surface area (Å²) in [5, 5.41) is 7.49. The van der Waals surface area contributed by atoms with E-state index in [-0.39, 0.29) is 48.9 Å². The van der Waals surface area contributed by atoms with Gasteiger partial charge in [0.2, 0.25) is 0 Å². The molecule has 0 saturated carbocycles. The van der Waals surface area contributed by atoms with E-state index in [0.29, 0.717) is 0 Å². The fraction of sp³-hybridized carbons (Fsp3) is 0. The summed E-state index contributed by atoms with van der Waals surface area (Å²) < 4.78 is 9.43. The predicted molar refractivity (Wildman–Crippen MR) is 28.6 cm³/mol. The molecule has 7 heteroatoms. The van der Waals surface area contributed by atoms with E-state index < -0.39 is 13.3 Å². The fourth-order valence-electron chi connectivity index (χ4n) is 0. The molecule has 0 aliphatic heterocycles. The van der Waals surface area contributed by atoms with Crippen molar-refractivity contribution < 1.29 is 24.3 Å². The van der Waals surface area contributed by atoms with Crippen LogP contribution in [0.1, 0.15) is 0 Å². The van der Waals surface area contributed by atoms with Crippen LogP contribution in [0.5, 0.6) is 0 Å². The molecule has 8 heavy (non-hydrogen) atoms. The Morgan fingerprint density at radius 1 is 1.38 bits per heavy atom. The molecule has 0 heterocycles. The first-order valence-corrected chi connectivity index (χ1v) is 2.85. The molecule has 0 aliphatic carbocycles. The summed E-state index contributed by atoms with van der Waals surface area (Å²) in [5.74, 6) is 0. The second kappa shape index (κ2) is 4.08. The van der Waals surface area contributed by atoms with E-state index in [4.69, 9.17) is 14.9 Å². The van der Waals surface area contributed by atoms with Crippen LogP contribution in [0.2, 0.25) is 0 Å². The number of carboxylic acid groups (broad SMARTS) is 1. The van der Waals surface area contributed by atoms with Crippen molar-refractivity contribution in [2.24, 2.45) is 0 Å². The molecule has 0 spiro atoms. The van der Waals surface area contributed by atoms with Gasteiger partial charge in [0.1, 0.15) is 0 Å². The van der Waals surface area contributed by atoms with E-state index in [1.165, 1.54) is 0 Å². The molecule has 0 atom stereocenters. The number of hydrogen-bond acceptors (Lipinski definition) is 2. The Bertz CT molecular complexity index is 124. The Morgan fingerprint density at radius 3 is 1.50 bits per heavy atom. The van der Waals surface area contributed by atoms with Crippen LogP contribution >= 0.6 is 7.60 Å². The summed E-state index contributed by atoms with van der Waals surface area (Å²) in [6, 6.07) is 0. The van der Waals surface area contributed by atoms with Crippen molar-refractivity contribution >= 4 is 62.2 Å². The SMILES string of the molecule is O=C(O)P(=O)(O)O.[BaH2]. The van der Waals surface area contributed by atoms with Crippen LogP contribution in [0.3, 0.4) is 0 Å². The van der Waals surface area contributed by atoms with Crippen LogP contribution < -0.4 is 0 Å². The first-order chi connectivity index (χ1) is 2.94. The molecule has 0 bridgehead atoms. The molecule has 0 aromatic carbocycles. The van der Waals surface area contributed by atoms with Crippen molar-refractivity contribution in [3.05, 3.63) is 0 Å². The zero-order valence-electron chi connectivity index (χ0n) is 3.11. The monoisotopic (exact) mass is 266 g/mol. The molecule has 0 unspecified atom stereocenters. The Labute approximate surface area is 85.3 Å². The second-order valence-corrected chi connectivity index (χ2v) is 2.30. The molecule has 46 valence electrons. The summed E-state index contributed by atoms with van der Waals surface area (Å²) in [6.45, 7) is 0. The second-order valence-electron chi connectivity index (χ2n) is 0.827. The first-order valence-electron chi connectivity index (χ1n) is 1.23. The average molecular weight is 265 g/mol. The van der Waals surface area contributed by atoms with Crippen molar-refractivity contribution in [2.45, 2.75) is 0 Å². The van der Waals surface area contributed by atoms with Gasteiger partial charge in [-0.25, -0.2) is 9.36 Å². The van der Waals surface area contributed by atoms with Crippen LogP contribution in [0.25, 0.3) is 0 Å². The zero-order valence-corrected chi connectivity index (χ0v) is 4.00. The van der Waals surface area contributed by atoms with E-state index in [1.807, 2.05) is 0 Å². The van der Waals surface area contributed by atoms with E-state index in [1.54, 1.807) is 0 Å². The van der Waals surface area contributed by atoms with Gasteiger partial charge in [0.15, 0.2) is 0 Å². The van der Waals surface area contributed by atoms with Crippen LogP contribution in [0.15, 0.2) is 0 Å². The van der Waals surface area contributed by atoms with Gasteiger partial charge in [-0.3, -0.25) is 0 Å². The van der Waals surface area contributed by atoms with E-state index in [9.17, 15) is 9.36 Å². The van der Waals surface area contributed by atoms with Gasteiger partial charge >= 0.3 is 62.2 Å². The molecule has 3 N–H and O–H groups in total. The van der Waals surface area contributed by atoms with Crippen LogP contribution in [0.4, 0.5) is 4.79 Å². The molecule has 0 rings (SSSR count). The molecular weight excluding hydrogens is 260 g/mol. The summed E-state index contributed by atoms with van der Waals surface area (Å²) >= 11 is 0. The van der Waals surface area contributed by atoms with E-state index >= 15 is 0 Å². The maximum atomic E-state index is 9.43. The third-order valence-electron chi connectivity index (χ3n) is 0.249. The summed E-state index contributed by atoms with van der Waals surface area (Å²) in [7, 11) is -4.82. The molecule has 0 radical (unpaired) electrons. The van der Waals surface area contributed by atoms with Crippen LogP contribution in [-0.2, 0) is 4.57 Å². The average Bonchev–Trinajstić information content (AvgIpc) is 1.31. The van der Waals surface area contributed by atoms with Gasteiger partial charge in [0, 0.05) is 0 Å². The van der Waals surface area contributed by atoms with Crippen molar-refractivity contribution in [3.8, 4) is 0 Å². The van der Waals surface area contributed by atoms with Crippen molar-refractivity contribution in [3.63, 3.8) is 0 Å². The third kappa shape index (κ3) is 5.33. The van der Waals surface area contributed by atoms with Crippen molar-refractivity contribution in [1.29, 1.82) is 0 Å². The normalized spacial score (nSPS) is 9.75. The third-order valence-corrected chi connectivity index (χ3v) is 0.748. The molecule has 5 nitrogen and oxygen atoms in total. The Hall–Kier alpha value is 1.19. The van der Waals surface area contributed by atoms with Gasteiger partial charge in [-0.2, -0.15) is 0 Å². The van der Waals surface area contributed by atoms with E-state index in [0.717, 1.165) is 0 Å². The van der Waals surface area contributed by atoms with Gasteiger partial charge in [0.25, 0.3) is 0 Å². The molecular formula is CH5BaO5P. The van der Waals surface area contributed by atoms with Gasteiger partial charge in [-0.15, -0.1) is 0 Å². The quantitative estimate of drug-likeness (QED) is 0.414. The minimum atomic E-state index is -4.82.